The van der Waals surface area contributed by atoms with Crippen molar-refractivity contribution in [2.75, 3.05) is 6.61 Å². The molecule has 0 radical (unpaired) electrons. The Morgan fingerprint density at radius 2 is 2.25 bits per heavy atom. The van der Waals surface area contributed by atoms with Gasteiger partial charge in [-0.15, -0.1) is 0 Å². The summed E-state index contributed by atoms with van der Waals surface area (Å²) in [6.45, 7) is 0.0370. The van der Waals surface area contributed by atoms with E-state index < -0.39 is 0 Å². The zero-order valence-electron chi connectivity index (χ0n) is 9.10. The van der Waals surface area contributed by atoms with Crippen LogP contribution in [0.5, 0.6) is 0 Å². The van der Waals surface area contributed by atoms with Gasteiger partial charge in [0.05, 0.1) is 12.3 Å². The van der Waals surface area contributed by atoms with Crippen LogP contribution in [0.4, 0.5) is 0 Å². The van der Waals surface area contributed by atoms with Gasteiger partial charge in [0.15, 0.2) is 6.10 Å². The summed E-state index contributed by atoms with van der Waals surface area (Å²) in [5.41, 5.74) is 3.51. The molecular weight excluding hydrogens is 202 g/mol. The molecule has 1 aliphatic carbocycles. The molecule has 1 atom stereocenters. The molecule has 3 nitrogen and oxygen atoms in total. The molecule has 3 rings (SSSR count). The van der Waals surface area contributed by atoms with Crippen LogP contribution < -0.4 is 0 Å². The van der Waals surface area contributed by atoms with Crippen molar-refractivity contribution in [1.29, 1.82) is 0 Å². The van der Waals surface area contributed by atoms with Crippen LogP contribution in [0.2, 0.25) is 0 Å². The smallest absolute Gasteiger partial charge is 0.156 e. The molecule has 16 heavy (non-hydrogen) atoms. The van der Waals surface area contributed by atoms with Gasteiger partial charge < -0.3 is 9.94 Å². The highest BCUT2D eigenvalue weighted by molar-refractivity contribution is 6.01. The highest BCUT2D eigenvalue weighted by Gasteiger charge is 2.25. The zero-order valence-corrected chi connectivity index (χ0v) is 9.10. The summed E-state index contributed by atoms with van der Waals surface area (Å²) in [6.07, 6.45) is 3.18. The van der Waals surface area contributed by atoms with Crippen LogP contribution >= 0.6 is 0 Å². The molecule has 0 saturated heterocycles. The lowest BCUT2D eigenvalue weighted by atomic mass is 10.0. The Morgan fingerprint density at radius 3 is 2.94 bits per heavy atom. The average molecular weight is 217 g/mol. The van der Waals surface area contributed by atoms with Crippen molar-refractivity contribution in [1.82, 2.24) is 0 Å². The quantitative estimate of drug-likeness (QED) is 0.842. The van der Waals surface area contributed by atoms with Gasteiger partial charge in [-0.05, 0) is 36.0 Å². The Balaban J connectivity index is 1.81. The molecule has 1 N–H and O–H groups in total. The van der Waals surface area contributed by atoms with E-state index in [-0.39, 0.29) is 12.7 Å². The van der Waals surface area contributed by atoms with E-state index in [0.717, 1.165) is 17.2 Å². The van der Waals surface area contributed by atoms with Crippen LogP contribution in [-0.4, -0.2) is 23.5 Å². The minimum absolute atomic E-state index is 0.0370. The summed E-state index contributed by atoms with van der Waals surface area (Å²) in [5.74, 6) is 0.761. The predicted octanol–water partition coefficient (Wildman–Crippen LogP) is 2.05. The summed E-state index contributed by atoms with van der Waals surface area (Å²) in [7, 11) is 0. The van der Waals surface area contributed by atoms with Gasteiger partial charge in [-0.1, -0.05) is 23.4 Å². The van der Waals surface area contributed by atoms with Crippen molar-refractivity contribution in [2.24, 2.45) is 5.16 Å². The molecule has 2 aliphatic rings. The third-order valence-electron chi connectivity index (χ3n) is 3.21. The first-order valence-corrected chi connectivity index (χ1v) is 5.80. The van der Waals surface area contributed by atoms with Gasteiger partial charge in [0, 0.05) is 6.42 Å². The van der Waals surface area contributed by atoms with Crippen LogP contribution in [-0.2, 0) is 4.84 Å². The standard InChI is InChI=1S/C13H15NO2/c15-8-12-7-13(14-16-12)11-3-1-2-10(6-11)9-4-5-9/h1-3,6,9,12,15H,4-5,7-8H2. The van der Waals surface area contributed by atoms with Crippen LogP contribution in [0.15, 0.2) is 29.4 Å². The van der Waals surface area contributed by atoms with Crippen molar-refractivity contribution in [3.63, 3.8) is 0 Å². The lowest BCUT2D eigenvalue weighted by Gasteiger charge is -2.03. The zero-order chi connectivity index (χ0) is 11.0. The largest absolute Gasteiger partial charge is 0.392 e. The summed E-state index contributed by atoms with van der Waals surface area (Å²) < 4.78 is 0. The lowest BCUT2D eigenvalue weighted by Crippen LogP contribution is -2.12. The first kappa shape index (κ1) is 9.85. The first-order chi connectivity index (χ1) is 7.86. The van der Waals surface area contributed by atoms with Gasteiger partial charge in [0.25, 0.3) is 0 Å². The van der Waals surface area contributed by atoms with Gasteiger partial charge in [-0.2, -0.15) is 0 Å². The topological polar surface area (TPSA) is 41.8 Å². The fraction of sp³-hybridized carbons (Fsp3) is 0.462. The molecule has 1 aromatic carbocycles. The van der Waals surface area contributed by atoms with E-state index in [1.807, 2.05) is 0 Å². The molecule has 1 unspecified atom stereocenters. The Hall–Kier alpha value is -1.35. The van der Waals surface area contributed by atoms with Gasteiger partial charge in [0.2, 0.25) is 0 Å². The molecule has 1 fully saturated rings. The molecule has 3 heteroatoms. The molecule has 84 valence electrons. The van der Waals surface area contributed by atoms with E-state index >= 15 is 0 Å². The summed E-state index contributed by atoms with van der Waals surface area (Å²) >= 11 is 0. The molecule has 1 saturated carbocycles. The Morgan fingerprint density at radius 1 is 1.38 bits per heavy atom. The number of aliphatic hydroxyl groups excluding tert-OH is 1. The number of aliphatic hydroxyl groups is 1. The molecule has 0 spiro atoms. The maximum Gasteiger partial charge on any atom is 0.156 e. The second-order valence-electron chi connectivity index (χ2n) is 4.55. The number of benzene rings is 1. The van der Waals surface area contributed by atoms with Crippen molar-refractivity contribution in [3.05, 3.63) is 35.4 Å². The van der Waals surface area contributed by atoms with Crippen molar-refractivity contribution >= 4 is 5.71 Å². The summed E-state index contributed by atoms with van der Waals surface area (Å²) in [5, 5.41) is 13.0. The Labute approximate surface area is 94.7 Å². The molecule has 1 aromatic rings. The minimum Gasteiger partial charge on any atom is -0.392 e. The number of oxime groups is 1. The van der Waals surface area contributed by atoms with E-state index in [0.29, 0.717) is 6.42 Å². The monoisotopic (exact) mass is 217 g/mol. The van der Waals surface area contributed by atoms with Gasteiger partial charge in [-0.3, -0.25) is 0 Å². The second-order valence-corrected chi connectivity index (χ2v) is 4.55. The summed E-state index contributed by atoms with van der Waals surface area (Å²) in [4.78, 5) is 5.12. The SMILES string of the molecule is OCC1CC(c2cccc(C3CC3)c2)=NO1. The first-order valence-electron chi connectivity index (χ1n) is 5.80. The van der Waals surface area contributed by atoms with Gasteiger partial charge in [-0.25, -0.2) is 0 Å². The van der Waals surface area contributed by atoms with E-state index in [1.165, 1.54) is 18.4 Å². The number of rotatable bonds is 3. The summed E-state index contributed by atoms with van der Waals surface area (Å²) in [6, 6.07) is 8.53. The number of hydrogen-bond donors (Lipinski definition) is 1. The second kappa shape index (κ2) is 3.91. The predicted molar refractivity (Wildman–Crippen MR) is 61.5 cm³/mol. The molecule has 0 aromatic heterocycles. The third-order valence-corrected chi connectivity index (χ3v) is 3.21. The molecular formula is C13H15NO2. The van der Waals surface area contributed by atoms with E-state index in [9.17, 15) is 0 Å². The average Bonchev–Trinajstić information content (AvgIpc) is 3.07. The number of nitrogens with zero attached hydrogens (tertiary/aromatic N) is 1. The van der Waals surface area contributed by atoms with Crippen LogP contribution in [0.1, 0.15) is 36.3 Å². The molecule has 0 bridgehead atoms. The third kappa shape index (κ3) is 1.83. The number of hydrogen-bond acceptors (Lipinski definition) is 3. The van der Waals surface area contributed by atoms with E-state index in [2.05, 4.69) is 29.4 Å². The Kier molecular flexibility index (Phi) is 2.40. The lowest BCUT2D eigenvalue weighted by molar-refractivity contribution is 0.0390. The molecule has 0 amide bonds. The fourth-order valence-electron chi connectivity index (χ4n) is 2.09. The van der Waals surface area contributed by atoms with Crippen molar-refractivity contribution in [2.45, 2.75) is 31.3 Å². The minimum atomic E-state index is -0.153. The highest BCUT2D eigenvalue weighted by atomic mass is 16.6. The van der Waals surface area contributed by atoms with Crippen molar-refractivity contribution in [3.8, 4) is 0 Å². The van der Waals surface area contributed by atoms with Gasteiger partial charge >= 0.3 is 0 Å². The van der Waals surface area contributed by atoms with E-state index in [1.54, 1.807) is 0 Å². The van der Waals surface area contributed by atoms with Crippen LogP contribution in [0.25, 0.3) is 0 Å². The van der Waals surface area contributed by atoms with Crippen LogP contribution in [0, 0.1) is 0 Å². The Bertz CT molecular complexity index is 424. The highest BCUT2D eigenvalue weighted by Crippen LogP contribution is 2.40. The van der Waals surface area contributed by atoms with Gasteiger partial charge in [0.1, 0.15) is 0 Å². The van der Waals surface area contributed by atoms with Crippen molar-refractivity contribution < 1.29 is 9.94 Å². The molecule has 1 heterocycles. The molecule has 1 aliphatic heterocycles. The fourth-order valence-corrected chi connectivity index (χ4v) is 2.09. The van der Waals surface area contributed by atoms with Crippen LogP contribution in [0.3, 0.4) is 0 Å². The normalized spacial score (nSPS) is 24.1. The maximum atomic E-state index is 8.99. The maximum absolute atomic E-state index is 8.99. The van der Waals surface area contributed by atoms with E-state index in [4.69, 9.17) is 9.94 Å².